The summed E-state index contributed by atoms with van der Waals surface area (Å²) in [4.78, 5) is 27.5. The maximum atomic E-state index is 13.7. The molecule has 218 valence electrons. The molecule has 0 saturated carbocycles. The summed E-state index contributed by atoms with van der Waals surface area (Å²) in [5.74, 6) is -0.417. The minimum absolute atomic E-state index is 0.115. The van der Waals surface area contributed by atoms with Gasteiger partial charge in [0.15, 0.2) is 0 Å². The topological polar surface area (TPSA) is 108 Å². The molecule has 0 fully saturated rings. The van der Waals surface area contributed by atoms with Gasteiger partial charge in [-0.25, -0.2) is 4.79 Å². The van der Waals surface area contributed by atoms with Crippen molar-refractivity contribution in [2.75, 3.05) is 5.75 Å². The lowest BCUT2D eigenvalue weighted by atomic mass is 9.93. The molecule has 5 atom stereocenters. The van der Waals surface area contributed by atoms with Crippen molar-refractivity contribution in [3.05, 3.63) is 102 Å². The number of carbonyl (C=O) groups excluding carboxylic acids is 2. The van der Waals surface area contributed by atoms with Crippen LogP contribution in [-0.4, -0.2) is 51.8 Å². The Labute approximate surface area is 246 Å². The third-order valence-electron chi connectivity index (χ3n) is 7.06. The van der Waals surface area contributed by atoms with E-state index in [-0.39, 0.29) is 12.3 Å². The zero-order chi connectivity index (χ0) is 29.4. The van der Waals surface area contributed by atoms with Crippen molar-refractivity contribution >= 4 is 23.8 Å². The second-order valence-corrected chi connectivity index (χ2v) is 12.6. The summed E-state index contributed by atoms with van der Waals surface area (Å²) in [6.45, 7) is 5.35. The van der Waals surface area contributed by atoms with Crippen LogP contribution in [0, 0.1) is 5.92 Å². The number of hydrogen-bond donors (Lipinski definition) is 4. The quantitative estimate of drug-likeness (QED) is 0.238. The molecule has 0 unspecified atom stereocenters. The van der Waals surface area contributed by atoms with Gasteiger partial charge in [0, 0.05) is 23.0 Å². The molecule has 4 rings (SSSR count). The molecule has 0 aliphatic heterocycles. The van der Waals surface area contributed by atoms with Crippen LogP contribution in [0.2, 0.25) is 0 Å². The van der Waals surface area contributed by atoms with E-state index in [4.69, 9.17) is 4.74 Å². The van der Waals surface area contributed by atoms with Crippen molar-refractivity contribution in [1.82, 2.24) is 10.6 Å². The van der Waals surface area contributed by atoms with Crippen molar-refractivity contribution in [2.45, 2.75) is 74.8 Å². The number of aliphatic hydroxyl groups excluding tert-OH is 2. The Morgan fingerprint density at radius 3 is 2.29 bits per heavy atom. The molecular weight excluding hydrogens is 536 g/mol. The van der Waals surface area contributed by atoms with Gasteiger partial charge in [0.25, 0.3) is 0 Å². The lowest BCUT2D eigenvalue weighted by Gasteiger charge is -2.29. The van der Waals surface area contributed by atoms with Gasteiger partial charge in [0.05, 0.1) is 24.3 Å². The second-order valence-electron chi connectivity index (χ2n) is 11.5. The van der Waals surface area contributed by atoms with Gasteiger partial charge in [0.1, 0.15) is 5.60 Å². The Kier molecular flexibility index (Phi) is 10.5. The van der Waals surface area contributed by atoms with Crippen LogP contribution in [0.4, 0.5) is 4.79 Å². The minimum Gasteiger partial charge on any atom is -0.444 e. The summed E-state index contributed by atoms with van der Waals surface area (Å²) in [5, 5.41) is 28.1. The first-order valence-electron chi connectivity index (χ1n) is 14.0. The molecule has 2 amide bonds. The van der Waals surface area contributed by atoms with Crippen molar-refractivity contribution in [3.8, 4) is 0 Å². The van der Waals surface area contributed by atoms with Crippen LogP contribution < -0.4 is 10.6 Å². The summed E-state index contributed by atoms with van der Waals surface area (Å²) in [7, 11) is 0. The number of rotatable bonds is 11. The summed E-state index contributed by atoms with van der Waals surface area (Å²) in [6.07, 6.45) is -1.41. The zero-order valence-electron chi connectivity index (χ0n) is 23.8. The monoisotopic (exact) mass is 576 g/mol. The van der Waals surface area contributed by atoms with Gasteiger partial charge >= 0.3 is 6.09 Å². The number of carbonyl (C=O) groups is 2. The third kappa shape index (κ3) is 9.08. The highest BCUT2D eigenvalue weighted by Gasteiger charge is 2.35. The Morgan fingerprint density at radius 1 is 0.976 bits per heavy atom. The Morgan fingerprint density at radius 2 is 1.61 bits per heavy atom. The van der Waals surface area contributed by atoms with Gasteiger partial charge < -0.3 is 25.6 Å². The molecule has 0 spiro atoms. The number of benzene rings is 3. The average Bonchev–Trinajstić information content (AvgIpc) is 3.25. The van der Waals surface area contributed by atoms with Gasteiger partial charge in [-0.05, 0) is 62.4 Å². The third-order valence-corrected chi connectivity index (χ3v) is 8.23. The number of ether oxygens (including phenoxy) is 1. The Bertz CT molecular complexity index is 1280. The van der Waals surface area contributed by atoms with E-state index in [1.165, 1.54) is 11.8 Å². The number of aliphatic hydroxyl groups is 2. The largest absolute Gasteiger partial charge is 0.444 e. The van der Waals surface area contributed by atoms with E-state index < -0.39 is 41.9 Å². The molecule has 0 radical (unpaired) electrons. The predicted molar refractivity (Wildman–Crippen MR) is 162 cm³/mol. The minimum atomic E-state index is -1.03. The summed E-state index contributed by atoms with van der Waals surface area (Å²) in [6, 6.07) is 25.9. The van der Waals surface area contributed by atoms with Crippen LogP contribution in [-0.2, 0) is 22.4 Å². The molecule has 1 aliphatic carbocycles. The highest BCUT2D eigenvalue weighted by Crippen LogP contribution is 2.32. The van der Waals surface area contributed by atoms with Crippen LogP contribution in [0.1, 0.15) is 49.9 Å². The molecule has 0 saturated heterocycles. The maximum absolute atomic E-state index is 13.7. The van der Waals surface area contributed by atoms with Gasteiger partial charge in [-0.15, -0.1) is 11.8 Å². The smallest absolute Gasteiger partial charge is 0.407 e. The van der Waals surface area contributed by atoms with E-state index in [0.29, 0.717) is 18.6 Å². The molecule has 7 nitrogen and oxygen atoms in total. The summed E-state index contributed by atoms with van der Waals surface area (Å²) in [5.41, 5.74) is 2.18. The molecule has 4 N–H and O–H groups in total. The van der Waals surface area contributed by atoms with Gasteiger partial charge in [-0.3, -0.25) is 4.79 Å². The molecule has 0 aromatic heterocycles. The van der Waals surface area contributed by atoms with Crippen molar-refractivity contribution in [1.29, 1.82) is 0 Å². The first-order valence-corrected chi connectivity index (χ1v) is 15.0. The van der Waals surface area contributed by atoms with Crippen molar-refractivity contribution in [2.24, 2.45) is 5.92 Å². The first-order chi connectivity index (χ1) is 19.6. The van der Waals surface area contributed by atoms with Crippen LogP contribution in [0.25, 0.3) is 0 Å². The molecule has 0 heterocycles. The van der Waals surface area contributed by atoms with E-state index in [1.807, 2.05) is 84.9 Å². The lowest BCUT2D eigenvalue weighted by molar-refractivity contribution is -0.127. The van der Waals surface area contributed by atoms with Gasteiger partial charge in [-0.2, -0.15) is 0 Å². The highest BCUT2D eigenvalue weighted by atomic mass is 32.2. The number of nitrogens with one attached hydrogen (secondary N) is 2. The number of amides is 2. The summed E-state index contributed by atoms with van der Waals surface area (Å²) >= 11 is 1.53. The molecule has 41 heavy (non-hydrogen) atoms. The molecule has 8 heteroatoms. The summed E-state index contributed by atoms with van der Waals surface area (Å²) < 4.78 is 5.48. The fourth-order valence-electron chi connectivity index (χ4n) is 5.05. The molecule has 1 aliphatic rings. The lowest BCUT2D eigenvalue weighted by Crippen LogP contribution is -2.48. The van der Waals surface area contributed by atoms with E-state index in [0.717, 1.165) is 21.6 Å². The molecule has 0 bridgehead atoms. The number of thioether (sulfide) groups is 1. The van der Waals surface area contributed by atoms with E-state index >= 15 is 0 Å². The Hall–Kier alpha value is -3.33. The van der Waals surface area contributed by atoms with Crippen molar-refractivity contribution in [3.63, 3.8) is 0 Å². The van der Waals surface area contributed by atoms with E-state index in [2.05, 4.69) is 10.6 Å². The van der Waals surface area contributed by atoms with E-state index in [1.54, 1.807) is 20.8 Å². The number of hydrogen-bond acceptors (Lipinski definition) is 6. The molecular formula is C33H40N2O5S. The van der Waals surface area contributed by atoms with Crippen LogP contribution in [0.15, 0.2) is 89.8 Å². The van der Waals surface area contributed by atoms with Gasteiger partial charge in [0.2, 0.25) is 5.91 Å². The Balaban J connectivity index is 1.52. The zero-order valence-corrected chi connectivity index (χ0v) is 24.6. The average molecular weight is 577 g/mol. The van der Waals surface area contributed by atoms with E-state index in [9.17, 15) is 19.8 Å². The predicted octanol–water partition coefficient (Wildman–Crippen LogP) is 5.06. The van der Waals surface area contributed by atoms with Crippen LogP contribution in [0.3, 0.4) is 0 Å². The standard InChI is InChI=1S/C33H40N2O5S/c1-33(2,3)40-32(39)34-27(18-22-12-6-4-7-13-22)28(36)20-24(21-41-25-15-8-5-9-16-25)31(38)35-30-26-17-11-10-14-23(26)19-29(30)37/h4-17,24,27-30,36-37H,18-21H2,1-3H3,(H,34,39)(H,35,38)/t24-,27-,28-,29+,30-/m0/s1. The van der Waals surface area contributed by atoms with Crippen molar-refractivity contribution < 1.29 is 24.5 Å². The second kappa shape index (κ2) is 14.0. The fourth-order valence-corrected chi connectivity index (χ4v) is 6.08. The molecule has 3 aromatic carbocycles. The number of alkyl carbamates (subject to hydrolysis) is 1. The fraction of sp³-hybridized carbons (Fsp3) is 0.394. The SMILES string of the molecule is CC(C)(C)OC(=O)N[C@@H](Cc1ccccc1)[C@@H](O)C[C@@H](CSc1ccccc1)C(=O)N[C@H]1c2ccccc2C[C@H]1O. The van der Waals surface area contributed by atoms with Crippen LogP contribution in [0.5, 0.6) is 0 Å². The maximum Gasteiger partial charge on any atom is 0.407 e. The number of fused-ring (bicyclic) bond motifs is 1. The normalized spacial score (nSPS) is 18.6. The molecule has 3 aromatic rings. The van der Waals surface area contributed by atoms with Crippen LogP contribution >= 0.6 is 11.8 Å². The van der Waals surface area contributed by atoms with Gasteiger partial charge in [-0.1, -0.05) is 72.8 Å². The first kappa shape index (κ1) is 30.6. The highest BCUT2D eigenvalue weighted by molar-refractivity contribution is 7.99.